The van der Waals surface area contributed by atoms with Gasteiger partial charge in [0.2, 0.25) is 5.95 Å². The summed E-state index contributed by atoms with van der Waals surface area (Å²) in [6.07, 6.45) is 1.53. The third-order valence-electron chi connectivity index (χ3n) is 4.61. The van der Waals surface area contributed by atoms with Crippen LogP contribution < -0.4 is 27.8 Å². The summed E-state index contributed by atoms with van der Waals surface area (Å²) in [6, 6.07) is 5.12. The van der Waals surface area contributed by atoms with Crippen LogP contribution in [0.15, 0.2) is 30.5 Å². The number of nitrogens with one attached hydrogen (secondary N) is 2. The molecule has 0 unspecified atom stereocenters. The molecule has 0 fully saturated rings. The second-order valence-electron chi connectivity index (χ2n) is 7.05. The zero-order valence-electron chi connectivity index (χ0n) is 18.9. The smallest absolute Gasteiger partial charge is 0.326 e. The zero-order chi connectivity index (χ0) is 26.0. The van der Waals surface area contributed by atoms with Gasteiger partial charge >= 0.3 is 11.9 Å². The van der Waals surface area contributed by atoms with Crippen LogP contribution in [0, 0.1) is 0 Å². The predicted molar refractivity (Wildman–Crippen MR) is 128 cm³/mol. The van der Waals surface area contributed by atoms with Crippen LogP contribution in [-0.2, 0) is 16.0 Å². The zero-order valence-corrected chi connectivity index (χ0v) is 18.9. The van der Waals surface area contributed by atoms with E-state index in [4.69, 9.17) is 21.7 Å². The number of carbonyl (C=O) groups is 3. The summed E-state index contributed by atoms with van der Waals surface area (Å²) in [5.74, 6) is -2.86. The molecule has 0 aliphatic heterocycles. The minimum atomic E-state index is -1.29. The molecule has 3 rings (SSSR count). The molecule has 14 nitrogen and oxygen atoms in total. The van der Waals surface area contributed by atoms with Crippen LogP contribution >= 0.6 is 0 Å². The lowest BCUT2D eigenvalue weighted by molar-refractivity contribution is -0.140. The fourth-order valence-corrected chi connectivity index (χ4v) is 2.94. The van der Waals surface area contributed by atoms with Gasteiger partial charge in [-0.2, -0.15) is 9.97 Å². The van der Waals surface area contributed by atoms with Crippen molar-refractivity contribution in [1.82, 2.24) is 25.3 Å². The molecule has 3 aromatic rings. The third-order valence-corrected chi connectivity index (χ3v) is 4.61. The van der Waals surface area contributed by atoms with Gasteiger partial charge in [0.25, 0.3) is 5.91 Å². The Labute approximate surface area is 200 Å². The van der Waals surface area contributed by atoms with Crippen LogP contribution in [0.1, 0.15) is 28.9 Å². The van der Waals surface area contributed by atoms with Crippen molar-refractivity contribution in [2.45, 2.75) is 25.3 Å². The molecule has 14 heteroatoms. The van der Waals surface area contributed by atoms with E-state index < -0.39 is 23.9 Å². The normalized spacial score (nSPS) is 11.1. The molecule has 0 radical (unpaired) electrons. The van der Waals surface area contributed by atoms with E-state index in [2.05, 4.69) is 36.3 Å². The van der Waals surface area contributed by atoms with E-state index in [1.807, 2.05) is 0 Å². The molecular weight excluding hydrogens is 458 g/mol. The van der Waals surface area contributed by atoms with Gasteiger partial charge in [-0.15, -0.1) is 0 Å². The maximum Gasteiger partial charge on any atom is 0.326 e. The number of nitrogen functional groups attached to an aromatic ring is 2. The highest BCUT2D eigenvalue weighted by Gasteiger charge is 2.21. The van der Waals surface area contributed by atoms with Crippen LogP contribution in [0.2, 0.25) is 0 Å². The Morgan fingerprint density at radius 3 is 2.34 bits per heavy atom. The molecule has 0 aliphatic carbocycles. The number of fused-ring (bicyclic) bond motifs is 1. The Hall–Kier alpha value is -4.59. The molecular formula is C21H27N9O5. The molecule has 1 atom stereocenters. The summed E-state index contributed by atoms with van der Waals surface area (Å²) in [4.78, 5) is 50.6. The maximum absolute atomic E-state index is 12.3. The molecule has 2 aromatic heterocycles. The maximum atomic E-state index is 12.3. The SMILES string of the molecule is CN.Nc1nc(N)c2nc(CCNc3ccc(C(=O)N[C@@H](CCC(=O)O)C(=O)O)cc3)cnc2n1. The van der Waals surface area contributed by atoms with Crippen molar-refractivity contribution < 1.29 is 24.6 Å². The summed E-state index contributed by atoms with van der Waals surface area (Å²) in [5, 5.41) is 23.4. The molecule has 2 heterocycles. The quantitative estimate of drug-likeness (QED) is 0.198. The fourth-order valence-electron chi connectivity index (χ4n) is 2.94. The van der Waals surface area contributed by atoms with Crippen LogP contribution in [0.5, 0.6) is 0 Å². The van der Waals surface area contributed by atoms with Gasteiger partial charge in [0.05, 0.1) is 11.9 Å². The lowest BCUT2D eigenvalue weighted by Crippen LogP contribution is -2.41. The minimum absolute atomic E-state index is 0.0274. The number of carboxylic acids is 2. The summed E-state index contributed by atoms with van der Waals surface area (Å²) in [6.45, 7) is 0.512. The topological polar surface area (TPSA) is 245 Å². The summed E-state index contributed by atoms with van der Waals surface area (Å²) in [5.41, 5.74) is 18.2. The Balaban J connectivity index is 0.00000210. The molecule has 0 aliphatic rings. The molecule has 186 valence electrons. The molecule has 1 amide bonds. The second kappa shape index (κ2) is 12.6. The number of hydrogen-bond acceptors (Lipinski definition) is 11. The van der Waals surface area contributed by atoms with E-state index in [1.165, 1.54) is 19.2 Å². The van der Waals surface area contributed by atoms with Gasteiger partial charge in [-0.25, -0.2) is 14.8 Å². The number of hydrogen-bond donors (Lipinski definition) is 7. The highest BCUT2D eigenvalue weighted by Crippen LogP contribution is 2.15. The first-order valence-corrected chi connectivity index (χ1v) is 10.4. The average molecular weight is 486 g/mol. The van der Waals surface area contributed by atoms with Crippen LogP contribution in [-0.4, -0.2) is 67.6 Å². The van der Waals surface area contributed by atoms with Crippen molar-refractivity contribution in [3.63, 3.8) is 0 Å². The first-order valence-electron chi connectivity index (χ1n) is 10.4. The van der Waals surface area contributed by atoms with Crippen molar-refractivity contribution >= 4 is 46.5 Å². The van der Waals surface area contributed by atoms with Crippen molar-refractivity contribution in [2.75, 3.05) is 30.4 Å². The molecule has 0 bridgehead atoms. The predicted octanol–water partition coefficient (Wildman–Crippen LogP) is -0.138. The molecule has 0 saturated carbocycles. The summed E-state index contributed by atoms with van der Waals surface area (Å²) >= 11 is 0. The van der Waals surface area contributed by atoms with E-state index >= 15 is 0 Å². The molecule has 35 heavy (non-hydrogen) atoms. The van der Waals surface area contributed by atoms with Gasteiger partial charge < -0.3 is 38.0 Å². The van der Waals surface area contributed by atoms with E-state index in [0.717, 1.165) is 5.69 Å². The second-order valence-corrected chi connectivity index (χ2v) is 7.05. The number of anilines is 3. The van der Waals surface area contributed by atoms with Crippen molar-refractivity contribution in [1.29, 1.82) is 0 Å². The van der Waals surface area contributed by atoms with E-state index in [0.29, 0.717) is 29.8 Å². The standard InChI is InChI=1S/C20H22N8O5.CH5N/c21-16-15-17(28-20(22)27-16)24-9-12(25-15)7-8-23-11-3-1-10(2-4-11)18(31)26-13(19(32)33)5-6-14(29)30;1-2/h1-4,9,13,23H,5-8H2,(H,26,31)(H,29,30)(H,32,33)(H4,21,22,24,27,28);2H2,1H3/t13-;/m0./s1. The Morgan fingerprint density at radius 1 is 1.03 bits per heavy atom. The number of nitrogens with zero attached hydrogens (tertiary/aromatic N) is 4. The molecule has 0 saturated heterocycles. The van der Waals surface area contributed by atoms with Crippen molar-refractivity contribution in [3.8, 4) is 0 Å². The number of carbonyl (C=O) groups excluding carboxylic acids is 1. The fraction of sp³-hybridized carbons (Fsp3) is 0.286. The number of rotatable bonds is 10. The van der Waals surface area contributed by atoms with Gasteiger partial charge in [0.1, 0.15) is 6.04 Å². The lowest BCUT2D eigenvalue weighted by atomic mass is 10.1. The summed E-state index contributed by atoms with van der Waals surface area (Å²) < 4.78 is 0. The Kier molecular flexibility index (Phi) is 9.60. The highest BCUT2D eigenvalue weighted by molar-refractivity contribution is 5.97. The monoisotopic (exact) mass is 485 g/mol. The number of amides is 1. The molecule has 1 aromatic carbocycles. The first kappa shape index (κ1) is 26.7. The van der Waals surface area contributed by atoms with E-state index in [-0.39, 0.29) is 30.2 Å². The average Bonchev–Trinajstić information content (AvgIpc) is 2.83. The first-order chi connectivity index (χ1) is 16.7. The largest absolute Gasteiger partial charge is 0.481 e. The van der Waals surface area contributed by atoms with Gasteiger partial charge in [-0.3, -0.25) is 9.59 Å². The molecule has 0 spiro atoms. The van der Waals surface area contributed by atoms with Crippen molar-refractivity contribution in [3.05, 3.63) is 41.7 Å². The van der Waals surface area contributed by atoms with E-state index in [9.17, 15) is 14.4 Å². The lowest BCUT2D eigenvalue weighted by Gasteiger charge is -2.14. The number of aliphatic carboxylic acids is 2. The van der Waals surface area contributed by atoms with Gasteiger partial charge in [0.15, 0.2) is 17.0 Å². The number of carboxylic acid groups (broad SMARTS) is 2. The van der Waals surface area contributed by atoms with Crippen molar-refractivity contribution in [2.24, 2.45) is 5.73 Å². The van der Waals surface area contributed by atoms with E-state index in [1.54, 1.807) is 18.3 Å². The Bertz CT molecular complexity index is 1190. The van der Waals surface area contributed by atoms with Gasteiger partial charge in [0, 0.05) is 30.6 Å². The number of benzene rings is 1. The Morgan fingerprint density at radius 2 is 1.71 bits per heavy atom. The van der Waals surface area contributed by atoms with Crippen LogP contribution in [0.25, 0.3) is 11.2 Å². The van der Waals surface area contributed by atoms with Gasteiger partial charge in [-0.1, -0.05) is 0 Å². The molecule has 10 N–H and O–H groups in total. The minimum Gasteiger partial charge on any atom is -0.481 e. The highest BCUT2D eigenvalue weighted by atomic mass is 16.4. The van der Waals surface area contributed by atoms with Gasteiger partial charge in [-0.05, 0) is 37.7 Å². The number of aromatic nitrogens is 4. The summed E-state index contributed by atoms with van der Waals surface area (Å²) in [7, 11) is 1.50. The van der Waals surface area contributed by atoms with Crippen LogP contribution in [0.3, 0.4) is 0 Å². The van der Waals surface area contributed by atoms with Crippen LogP contribution in [0.4, 0.5) is 17.5 Å². The third kappa shape index (κ3) is 7.75. The number of nitrogens with two attached hydrogens (primary N) is 3.